The number of thiocarbonyl (C=S) groups is 1. The molecular formula is C15H15ClN2O5S. The fourth-order valence-corrected chi connectivity index (χ4v) is 2.46. The molecule has 4 N–H and O–H groups in total. The van der Waals surface area contributed by atoms with Crippen LogP contribution in [0.25, 0.3) is 0 Å². The van der Waals surface area contributed by atoms with E-state index in [-0.39, 0.29) is 17.1 Å². The molecule has 128 valence electrons. The minimum absolute atomic E-state index is 0.0691. The molecule has 0 aliphatic carbocycles. The van der Waals surface area contributed by atoms with Crippen LogP contribution in [-0.4, -0.2) is 51.1 Å². The van der Waals surface area contributed by atoms with Crippen LogP contribution in [0.2, 0.25) is 5.02 Å². The summed E-state index contributed by atoms with van der Waals surface area (Å²) in [7, 11) is 0. The molecule has 0 aromatic heterocycles. The van der Waals surface area contributed by atoms with E-state index in [4.69, 9.17) is 28.9 Å². The van der Waals surface area contributed by atoms with Crippen LogP contribution in [0.5, 0.6) is 0 Å². The number of amides is 2. The number of nitrogens with one attached hydrogen (secondary N) is 1. The van der Waals surface area contributed by atoms with Crippen LogP contribution in [0.1, 0.15) is 6.42 Å². The Balaban J connectivity index is 2.26. The van der Waals surface area contributed by atoms with Gasteiger partial charge in [-0.15, -0.1) is 0 Å². The smallest absolute Gasteiger partial charge is 0.269 e. The Morgan fingerprint density at radius 1 is 1.21 bits per heavy atom. The van der Waals surface area contributed by atoms with Gasteiger partial charge in [-0.25, -0.2) is 0 Å². The highest BCUT2D eigenvalue weighted by molar-refractivity contribution is 7.80. The van der Waals surface area contributed by atoms with Gasteiger partial charge in [0.05, 0.1) is 18.4 Å². The number of benzene rings is 1. The largest absolute Gasteiger partial charge is 0.394 e. The molecule has 2 amide bonds. The predicted octanol–water partition coefficient (Wildman–Crippen LogP) is 0.118. The van der Waals surface area contributed by atoms with Gasteiger partial charge in [-0.2, -0.15) is 0 Å². The molecule has 1 aromatic rings. The first kappa shape index (κ1) is 18.5. The van der Waals surface area contributed by atoms with Gasteiger partial charge in [0.2, 0.25) is 0 Å². The Hall–Kier alpha value is -1.84. The third-order valence-corrected chi connectivity index (χ3v) is 3.92. The van der Waals surface area contributed by atoms with Crippen LogP contribution in [-0.2, 0) is 9.59 Å². The van der Waals surface area contributed by atoms with Crippen molar-refractivity contribution in [3.63, 3.8) is 0 Å². The molecule has 1 aliphatic heterocycles. The van der Waals surface area contributed by atoms with Gasteiger partial charge in [-0.1, -0.05) is 17.7 Å². The Labute approximate surface area is 148 Å². The lowest BCUT2D eigenvalue weighted by atomic mass is 10.1. The number of nitrogens with zero attached hydrogens (tertiary/aromatic N) is 1. The van der Waals surface area contributed by atoms with E-state index in [0.29, 0.717) is 10.7 Å². The summed E-state index contributed by atoms with van der Waals surface area (Å²) >= 11 is 10.8. The summed E-state index contributed by atoms with van der Waals surface area (Å²) in [5, 5.41) is 30.5. The van der Waals surface area contributed by atoms with Crippen molar-refractivity contribution in [2.75, 3.05) is 11.5 Å². The van der Waals surface area contributed by atoms with Gasteiger partial charge in [0, 0.05) is 5.02 Å². The second kappa shape index (κ2) is 7.82. The summed E-state index contributed by atoms with van der Waals surface area (Å²) in [6.45, 7) is -0.633. The number of carbonyl (C=O) groups excluding carboxylic acids is 2. The molecule has 24 heavy (non-hydrogen) atoms. The highest BCUT2D eigenvalue weighted by atomic mass is 35.5. The summed E-state index contributed by atoms with van der Waals surface area (Å²) < 4.78 is 0. The number of aliphatic hydroxyl groups excluding tert-OH is 3. The molecule has 1 fully saturated rings. The van der Waals surface area contributed by atoms with Crippen molar-refractivity contribution >= 4 is 46.4 Å². The maximum Gasteiger partial charge on any atom is 0.269 e. The van der Waals surface area contributed by atoms with E-state index < -0.39 is 30.6 Å². The third kappa shape index (κ3) is 3.97. The zero-order chi connectivity index (χ0) is 17.9. The molecule has 9 heteroatoms. The van der Waals surface area contributed by atoms with E-state index in [9.17, 15) is 19.8 Å². The molecule has 7 nitrogen and oxygen atoms in total. The fraction of sp³-hybridized carbons (Fsp3) is 0.267. The van der Waals surface area contributed by atoms with Gasteiger partial charge in [0.1, 0.15) is 11.7 Å². The van der Waals surface area contributed by atoms with Crippen molar-refractivity contribution in [2.45, 2.75) is 18.6 Å². The van der Waals surface area contributed by atoms with E-state index >= 15 is 0 Å². The quantitative estimate of drug-likeness (QED) is 0.333. The number of halogens is 1. The maximum atomic E-state index is 12.6. The van der Waals surface area contributed by atoms with Crippen molar-refractivity contribution in [1.29, 1.82) is 0 Å². The van der Waals surface area contributed by atoms with Crippen LogP contribution in [0.15, 0.2) is 35.9 Å². The molecule has 2 atom stereocenters. The average molecular weight is 371 g/mol. The maximum absolute atomic E-state index is 12.6. The molecule has 0 bridgehead atoms. The first-order valence-electron chi connectivity index (χ1n) is 6.97. The molecule has 0 saturated carbocycles. The summed E-state index contributed by atoms with van der Waals surface area (Å²) in [5.74, 6) is -1.35. The molecule has 1 aromatic carbocycles. The summed E-state index contributed by atoms with van der Waals surface area (Å²) in [6, 6.07) is 6.31. The Morgan fingerprint density at radius 3 is 2.42 bits per heavy atom. The van der Waals surface area contributed by atoms with E-state index in [1.807, 2.05) is 0 Å². The predicted molar refractivity (Wildman–Crippen MR) is 91.5 cm³/mol. The lowest BCUT2D eigenvalue weighted by Gasteiger charge is -2.29. The van der Waals surface area contributed by atoms with E-state index in [2.05, 4.69) is 5.32 Å². The van der Waals surface area contributed by atoms with Crippen LogP contribution in [0.3, 0.4) is 0 Å². The molecule has 0 radical (unpaired) electrons. The standard InChI is InChI=1S/C15H15ClN2O5S/c16-8-1-3-9(4-2-8)18-14(23)10(13(22)17-15(18)24)5-6-11(20)12(21)7-19/h1-5,11-12,19-21H,6-7H2,(H,17,22,24)/b10-5-/t11-,12+/m0/s1. The molecule has 0 spiro atoms. The summed E-state index contributed by atoms with van der Waals surface area (Å²) in [4.78, 5) is 25.7. The molecule has 2 rings (SSSR count). The average Bonchev–Trinajstić information content (AvgIpc) is 2.55. The van der Waals surface area contributed by atoms with E-state index in [1.165, 1.54) is 6.08 Å². The first-order valence-corrected chi connectivity index (χ1v) is 7.76. The van der Waals surface area contributed by atoms with Gasteiger partial charge < -0.3 is 15.3 Å². The lowest BCUT2D eigenvalue weighted by molar-refractivity contribution is -0.122. The highest BCUT2D eigenvalue weighted by Crippen LogP contribution is 2.23. The minimum Gasteiger partial charge on any atom is -0.394 e. The van der Waals surface area contributed by atoms with Crippen LogP contribution in [0, 0.1) is 0 Å². The normalized spacial score (nSPS) is 19.4. The third-order valence-electron chi connectivity index (χ3n) is 3.38. The molecule has 1 saturated heterocycles. The Bertz CT molecular complexity index is 692. The number of carbonyl (C=O) groups is 2. The zero-order valence-corrected chi connectivity index (χ0v) is 13.9. The van der Waals surface area contributed by atoms with E-state index in [0.717, 1.165) is 4.90 Å². The number of aliphatic hydroxyl groups is 3. The van der Waals surface area contributed by atoms with Crippen molar-refractivity contribution in [2.24, 2.45) is 0 Å². The molecule has 1 aliphatic rings. The molecule has 0 unspecified atom stereocenters. The van der Waals surface area contributed by atoms with E-state index in [1.54, 1.807) is 24.3 Å². The van der Waals surface area contributed by atoms with Gasteiger partial charge in [0.25, 0.3) is 11.8 Å². The number of hydrogen-bond donors (Lipinski definition) is 4. The van der Waals surface area contributed by atoms with Crippen LogP contribution < -0.4 is 10.2 Å². The second-order valence-electron chi connectivity index (χ2n) is 5.05. The van der Waals surface area contributed by atoms with Gasteiger partial charge in [-0.05, 0) is 42.9 Å². The lowest BCUT2D eigenvalue weighted by Crippen LogP contribution is -2.54. The monoisotopic (exact) mass is 370 g/mol. The fourth-order valence-electron chi connectivity index (χ4n) is 2.05. The van der Waals surface area contributed by atoms with Crippen LogP contribution >= 0.6 is 23.8 Å². The second-order valence-corrected chi connectivity index (χ2v) is 5.87. The van der Waals surface area contributed by atoms with Gasteiger partial charge in [0.15, 0.2) is 5.11 Å². The van der Waals surface area contributed by atoms with Crippen molar-refractivity contribution < 1.29 is 24.9 Å². The molecular weight excluding hydrogens is 356 g/mol. The van der Waals surface area contributed by atoms with Crippen molar-refractivity contribution in [1.82, 2.24) is 5.32 Å². The molecule has 1 heterocycles. The van der Waals surface area contributed by atoms with Crippen molar-refractivity contribution in [3.05, 3.63) is 40.9 Å². The topological polar surface area (TPSA) is 110 Å². The van der Waals surface area contributed by atoms with Gasteiger partial charge in [-0.3, -0.25) is 19.8 Å². The van der Waals surface area contributed by atoms with Crippen LogP contribution in [0.4, 0.5) is 5.69 Å². The first-order chi connectivity index (χ1) is 11.3. The highest BCUT2D eigenvalue weighted by Gasteiger charge is 2.34. The van der Waals surface area contributed by atoms with Gasteiger partial charge >= 0.3 is 0 Å². The number of hydrogen-bond acceptors (Lipinski definition) is 6. The number of anilines is 1. The summed E-state index contributed by atoms with van der Waals surface area (Å²) in [5.41, 5.74) is 0.207. The SMILES string of the molecule is O=C1NC(=S)N(c2ccc(Cl)cc2)C(=O)/C1=C\C[C@H](O)[C@H](O)CO. The Kier molecular flexibility index (Phi) is 6.03. The zero-order valence-electron chi connectivity index (χ0n) is 12.3. The Morgan fingerprint density at radius 2 is 1.83 bits per heavy atom. The number of rotatable bonds is 5. The minimum atomic E-state index is -1.36. The summed E-state index contributed by atoms with van der Waals surface area (Å²) in [6.07, 6.45) is -1.65. The van der Waals surface area contributed by atoms with Crippen molar-refractivity contribution in [3.8, 4) is 0 Å².